The van der Waals surface area contributed by atoms with Crippen LogP contribution in [-0.4, -0.2) is 36.6 Å². The average molecular weight is 546 g/mol. The summed E-state index contributed by atoms with van der Waals surface area (Å²) in [6.45, 7) is 4.01. The molecule has 1 aliphatic heterocycles. The lowest BCUT2D eigenvalue weighted by Gasteiger charge is -2.29. The van der Waals surface area contributed by atoms with E-state index in [0.29, 0.717) is 46.4 Å². The lowest BCUT2D eigenvalue weighted by atomic mass is 10.0. The number of anilines is 2. The maximum Gasteiger partial charge on any atom is 0.270 e. The molecule has 1 aliphatic rings. The normalized spacial score (nSPS) is 14.2. The summed E-state index contributed by atoms with van der Waals surface area (Å²) in [6.07, 6.45) is 1.51. The third kappa shape index (κ3) is 6.60. The van der Waals surface area contributed by atoms with E-state index in [1.54, 1.807) is 73.8 Å². The number of methoxy groups -OCH3 is 1. The van der Waals surface area contributed by atoms with Crippen molar-refractivity contribution in [2.75, 3.05) is 23.9 Å². The number of nitrogens with zero attached hydrogens (tertiary/aromatic N) is 1. The van der Waals surface area contributed by atoms with E-state index in [1.807, 2.05) is 6.92 Å². The van der Waals surface area contributed by atoms with Gasteiger partial charge in [-0.3, -0.25) is 24.6 Å². The predicted molar refractivity (Wildman–Crippen MR) is 152 cm³/mol. The van der Waals surface area contributed by atoms with Crippen LogP contribution in [0.2, 0.25) is 0 Å². The number of hydrogen-bond donors (Lipinski definition) is 2. The summed E-state index contributed by atoms with van der Waals surface area (Å²) in [5.41, 5.74) is 2.42. The molecule has 3 aromatic carbocycles. The topological polar surface area (TPSA) is 106 Å². The first-order chi connectivity index (χ1) is 18.8. The van der Waals surface area contributed by atoms with Crippen LogP contribution in [0.25, 0.3) is 6.08 Å². The molecule has 0 unspecified atom stereocenters. The van der Waals surface area contributed by atoms with Gasteiger partial charge in [0.05, 0.1) is 19.4 Å². The van der Waals surface area contributed by atoms with E-state index in [2.05, 4.69) is 10.6 Å². The van der Waals surface area contributed by atoms with Crippen LogP contribution in [0.3, 0.4) is 0 Å². The van der Waals surface area contributed by atoms with Crippen molar-refractivity contribution in [3.8, 4) is 17.2 Å². The Balaban J connectivity index is 1.55. The lowest BCUT2D eigenvalue weighted by Crippen LogP contribution is -2.54. The van der Waals surface area contributed by atoms with Crippen LogP contribution in [0.5, 0.6) is 17.2 Å². The molecule has 10 heteroatoms. The Hall–Kier alpha value is -4.70. The predicted octanol–water partition coefficient (Wildman–Crippen LogP) is 4.46. The van der Waals surface area contributed by atoms with Crippen molar-refractivity contribution in [2.24, 2.45) is 0 Å². The van der Waals surface area contributed by atoms with E-state index >= 15 is 0 Å². The standard InChI is InChI=1S/C29H27N3O6S/c1-4-37-23-12-8-22(9-13-23)32-28(35)25(27(34)31-29(32)39)16-19-5-14-26(36-3)20(15-19)17-38-24-10-6-21(7-11-24)30-18(2)33/h5-16H,4,17H2,1-3H3,(H,30,33)(H,31,34,39)/b25-16+. The SMILES string of the molecule is CCOc1ccc(N2C(=O)/C(=C/c3ccc(OC)c(COc4ccc(NC(C)=O)cc4)c3)C(=O)NC2=S)cc1. The molecule has 0 aliphatic carbocycles. The van der Waals surface area contributed by atoms with Crippen molar-refractivity contribution in [3.63, 3.8) is 0 Å². The molecule has 9 nitrogen and oxygen atoms in total. The van der Waals surface area contributed by atoms with E-state index in [4.69, 9.17) is 26.4 Å². The van der Waals surface area contributed by atoms with Crippen molar-refractivity contribution < 1.29 is 28.6 Å². The number of benzene rings is 3. The first kappa shape index (κ1) is 27.3. The second-order valence-electron chi connectivity index (χ2n) is 8.45. The van der Waals surface area contributed by atoms with E-state index in [9.17, 15) is 14.4 Å². The van der Waals surface area contributed by atoms with E-state index in [0.717, 1.165) is 0 Å². The Kier molecular flexibility index (Phi) is 8.57. The van der Waals surface area contributed by atoms with Crippen LogP contribution in [0.1, 0.15) is 25.0 Å². The number of carbonyl (C=O) groups is 3. The molecule has 1 heterocycles. The summed E-state index contributed by atoms with van der Waals surface area (Å²) < 4.78 is 16.8. The van der Waals surface area contributed by atoms with Gasteiger partial charge in [-0.25, -0.2) is 0 Å². The minimum Gasteiger partial charge on any atom is -0.496 e. The number of nitrogens with one attached hydrogen (secondary N) is 2. The van der Waals surface area contributed by atoms with Crippen LogP contribution >= 0.6 is 12.2 Å². The van der Waals surface area contributed by atoms with Gasteiger partial charge in [-0.05, 0) is 91.4 Å². The van der Waals surface area contributed by atoms with E-state index < -0.39 is 11.8 Å². The highest BCUT2D eigenvalue weighted by Gasteiger charge is 2.34. The number of amides is 3. The lowest BCUT2D eigenvalue weighted by molar-refractivity contribution is -0.122. The van der Waals surface area contributed by atoms with Crippen LogP contribution in [0, 0.1) is 0 Å². The summed E-state index contributed by atoms with van der Waals surface area (Å²) in [4.78, 5) is 38.6. The number of thiocarbonyl (C=S) groups is 1. The van der Waals surface area contributed by atoms with Crippen molar-refractivity contribution in [2.45, 2.75) is 20.5 Å². The summed E-state index contributed by atoms with van der Waals surface area (Å²) in [5.74, 6) is 0.558. The Morgan fingerprint density at radius 2 is 1.67 bits per heavy atom. The second kappa shape index (κ2) is 12.2. The first-order valence-corrected chi connectivity index (χ1v) is 12.5. The van der Waals surface area contributed by atoms with Gasteiger partial charge in [-0.1, -0.05) is 6.07 Å². The van der Waals surface area contributed by atoms with Crippen molar-refractivity contribution >= 4 is 52.5 Å². The highest BCUT2D eigenvalue weighted by Crippen LogP contribution is 2.27. The number of ether oxygens (including phenoxy) is 3. The maximum atomic E-state index is 13.4. The Labute approximate surface area is 231 Å². The molecular formula is C29H27N3O6S. The fraction of sp³-hybridized carbons (Fsp3) is 0.172. The largest absolute Gasteiger partial charge is 0.496 e. The Bertz CT molecular complexity index is 1430. The van der Waals surface area contributed by atoms with Gasteiger partial charge in [-0.15, -0.1) is 0 Å². The van der Waals surface area contributed by atoms with Crippen LogP contribution < -0.4 is 29.7 Å². The minimum absolute atomic E-state index is 0.000323. The number of carbonyl (C=O) groups excluding carboxylic acids is 3. The molecule has 4 rings (SSSR count). The molecular weight excluding hydrogens is 518 g/mol. The summed E-state index contributed by atoms with van der Waals surface area (Å²) in [6, 6.07) is 19.1. The maximum absolute atomic E-state index is 13.4. The molecule has 0 radical (unpaired) electrons. The fourth-order valence-corrected chi connectivity index (χ4v) is 4.20. The second-order valence-corrected chi connectivity index (χ2v) is 8.84. The monoisotopic (exact) mass is 545 g/mol. The van der Waals surface area contributed by atoms with Gasteiger partial charge < -0.3 is 19.5 Å². The first-order valence-electron chi connectivity index (χ1n) is 12.1. The molecule has 3 aromatic rings. The van der Waals surface area contributed by atoms with Gasteiger partial charge >= 0.3 is 0 Å². The zero-order valence-corrected chi connectivity index (χ0v) is 22.5. The van der Waals surface area contributed by atoms with Crippen molar-refractivity contribution in [3.05, 3.63) is 83.4 Å². The molecule has 39 heavy (non-hydrogen) atoms. The quantitative estimate of drug-likeness (QED) is 0.232. The fourth-order valence-electron chi connectivity index (χ4n) is 3.92. The third-order valence-corrected chi connectivity index (χ3v) is 5.98. The highest BCUT2D eigenvalue weighted by atomic mass is 32.1. The smallest absolute Gasteiger partial charge is 0.270 e. The van der Waals surface area contributed by atoms with E-state index in [-0.39, 0.29) is 23.2 Å². The molecule has 1 fully saturated rings. The van der Waals surface area contributed by atoms with Crippen LogP contribution in [0.4, 0.5) is 11.4 Å². The molecule has 0 saturated carbocycles. The molecule has 2 N–H and O–H groups in total. The van der Waals surface area contributed by atoms with Gasteiger partial charge in [0.15, 0.2) is 5.11 Å². The van der Waals surface area contributed by atoms with Gasteiger partial charge in [-0.2, -0.15) is 0 Å². The molecule has 0 aromatic heterocycles. The number of hydrogen-bond acceptors (Lipinski definition) is 7. The van der Waals surface area contributed by atoms with Crippen LogP contribution in [-0.2, 0) is 21.0 Å². The van der Waals surface area contributed by atoms with Gasteiger partial charge in [0.1, 0.15) is 29.4 Å². The highest BCUT2D eigenvalue weighted by molar-refractivity contribution is 7.80. The third-order valence-electron chi connectivity index (χ3n) is 5.69. The molecule has 0 atom stereocenters. The van der Waals surface area contributed by atoms with E-state index in [1.165, 1.54) is 17.9 Å². The molecule has 3 amide bonds. The van der Waals surface area contributed by atoms with Crippen molar-refractivity contribution in [1.29, 1.82) is 0 Å². The minimum atomic E-state index is -0.583. The summed E-state index contributed by atoms with van der Waals surface area (Å²) >= 11 is 5.29. The zero-order valence-electron chi connectivity index (χ0n) is 21.6. The average Bonchev–Trinajstić information content (AvgIpc) is 2.91. The summed E-state index contributed by atoms with van der Waals surface area (Å²) in [7, 11) is 1.55. The Morgan fingerprint density at radius 1 is 1.00 bits per heavy atom. The Morgan fingerprint density at radius 3 is 2.31 bits per heavy atom. The van der Waals surface area contributed by atoms with Gasteiger partial charge in [0.2, 0.25) is 5.91 Å². The van der Waals surface area contributed by atoms with Crippen LogP contribution in [0.15, 0.2) is 72.3 Å². The molecule has 200 valence electrons. The number of rotatable bonds is 9. The zero-order chi connectivity index (χ0) is 27.9. The molecule has 0 bridgehead atoms. The summed E-state index contributed by atoms with van der Waals surface area (Å²) in [5, 5.41) is 5.29. The van der Waals surface area contributed by atoms with Gasteiger partial charge in [0, 0.05) is 18.2 Å². The molecule has 0 spiro atoms. The van der Waals surface area contributed by atoms with Gasteiger partial charge in [0.25, 0.3) is 11.8 Å². The van der Waals surface area contributed by atoms with Crippen molar-refractivity contribution in [1.82, 2.24) is 5.32 Å². The molecule has 1 saturated heterocycles.